The van der Waals surface area contributed by atoms with Gasteiger partial charge < -0.3 is 5.11 Å². The lowest BCUT2D eigenvalue weighted by atomic mass is 9.97. The number of hydrogen-bond donors (Lipinski definition) is 1. The van der Waals surface area contributed by atoms with Crippen molar-refractivity contribution in [2.75, 3.05) is 0 Å². The van der Waals surface area contributed by atoms with Crippen LogP contribution in [0.25, 0.3) is 22.3 Å². The molecule has 0 amide bonds. The summed E-state index contributed by atoms with van der Waals surface area (Å²) in [6.07, 6.45) is 0. The van der Waals surface area contributed by atoms with E-state index in [0.717, 1.165) is 6.07 Å². The monoisotopic (exact) mass is 381 g/mol. The van der Waals surface area contributed by atoms with E-state index < -0.39 is 41.8 Å². The highest BCUT2D eigenvalue weighted by Crippen LogP contribution is 2.41. The maximum Gasteiger partial charge on any atom is 0.132 e. The third-order valence-electron chi connectivity index (χ3n) is 3.07. The zero-order valence-electron chi connectivity index (χ0n) is 16.0. The van der Waals surface area contributed by atoms with Gasteiger partial charge in [-0.15, -0.1) is 0 Å². The predicted octanol–water partition coefficient (Wildman–Crippen LogP) is 6.28. The minimum Gasteiger partial charge on any atom is -0.507 e. The lowest BCUT2D eigenvalue weighted by Crippen LogP contribution is -1.88. The molecule has 3 aromatic rings. The highest BCUT2D eigenvalue weighted by molar-refractivity contribution is 9.10. The van der Waals surface area contributed by atoms with E-state index in [4.69, 9.17) is 18.5 Å². The molecular formula is C18H11BrClFO. The van der Waals surface area contributed by atoms with E-state index in [1.54, 1.807) is 0 Å². The Bertz CT molecular complexity index is 1060. The van der Waals surface area contributed by atoms with Gasteiger partial charge in [0.1, 0.15) is 11.6 Å². The van der Waals surface area contributed by atoms with Crippen LogP contribution in [0.15, 0.2) is 65.0 Å². The average Bonchev–Trinajstić information content (AvgIpc) is 2.61. The first-order valence-electron chi connectivity index (χ1n) is 8.68. The number of halogens is 3. The first-order chi connectivity index (χ1) is 12.6. The molecule has 110 valence electrons. The largest absolute Gasteiger partial charge is 0.507 e. The van der Waals surface area contributed by atoms with Crippen LogP contribution in [0.3, 0.4) is 0 Å². The van der Waals surface area contributed by atoms with Gasteiger partial charge in [0, 0.05) is 26.2 Å². The fourth-order valence-corrected chi connectivity index (χ4v) is 2.70. The molecule has 4 heteroatoms. The van der Waals surface area contributed by atoms with E-state index in [-0.39, 0.29) is 27.3 Å². The summed E-state index contributed by atoms with van der Waals surface area (Å²) >= 11 is 9.04. The zero-order valence-corrected chi connectivity index (χ0v) is 13.3. The SMILES string of the molecule is [2H]c1c([2H])c([2H])c(-c2cc(Br)cc(-c3ccc(Cl)cc3F)c2O)c([2H])c1[2H]. The summed E-state index contributed by atoms with van der Waals surface area (Å²) in [5.41, 5.74) is -0.0201. The third-order valence-corrected chi connectivity index (χ3v) is 3.76. The molecule has 0 aliphatic carbocycles. The molecule has 0 spiro atoms. The van der Waals surface area contributed by atoms with Crippen molar-refractivity contribution in [1.82, 2.24) is 0 Å². The quantitative estimate of drug-likeness (QED) is 0.553. The lowest BCUT2D eigenvalue weighted by Gasteiger charge is -2.12. The van der Waals surface area contributed by atoms with Crippen LogP contribution in [0.5, 0.6) is 5.75 Å². The van der Waals surface area contributed by atoms with Crippen LogP contribution in [0.2, 0.25) is 5.02 Å². The molecular weight excluding hydrogens is 367 g/mol. The van der Waals surface area contributed by atoms with Gasteiger partial charge in [0.15, 0.2) is 0 Å². The summed E-state index contributed by atoms with van der Waals surface area (Å²) in [5.74, 6) is -1.07. The van der Waals surface area contributed by atoms with Gasteiger partial charge in [0.25, 0.3) is 0 Å². The van der Waals surface area contributed by atoms with Gasteiger partial charge in [0.2, 0.25) is 0 Å². The van der Waals surface area contributed by atoms with Crippen molar-refractivity contribution in [1.29, 1.82) is 0 Å². The molecule has 0 radical (unpaired) electrons. The summed E-state index contributed by atoms with van der Waals surface area (Å²) in [5, 5.41) is 10.9. The Morgan fingerprint density at radius 3 is 2.36 bits per heavy atom. The Hall–Kier alpha value is -1.84. The van der Waals surface area contributed by atoms with E-state index in [1.165, 1.54) is 24.3 Å². The summed E-state index contributed by atoms with van der Waals surface area (Å²) in [6, 6.07) is 4.34. The minimum atomic E-state index is -0.664. The van der Waals surface area contributed by atoms with Crippen LogP contribution in [-0.4, -0.2) is 5.11 Å². The molecule has 0 heterocycles. The van der Waals surface area contributed by atoms with E-state index in [0.29, 0.717) is 4.47 Å². The van der Waals surface area contributed by atoms with E-state index in [2.05, 4.69) is 15.9 Å². The van der Waals surface area contributed by atoms with Gasteiger partial charge in [-0.25, -0.2) is 4.39 Å². The Balaban J connectivity index is 2.37. The molecule has 0 saturated carbocycles. The van der Waals surface area contributed by atoms with Crippen molar-refractivity contribution < 1.29 is 16.4 Å². The second-order valence-corrected chi connectivity index (χ2v) is 5.83. The molecule has 3 aromatic carbocycles. The molecule has 1 N–H and O–H groups in total. The van der Waals surface area contributed by atoms with E-state index in [9.17, 15) is 9.50 Å². The minimum absolute atomic E-state index is 0.00859. The van der Waals surface area contributed by atoms with Crippen LogP contribution in [0.4, 0.5) is 4.39 Å². The first kappa shape index (κ1) is 10.0. The summed E-state index contributed by atoms with van der Waals surface area (Å²) in [6.45, 7) is 0. The Kier molecular flexibility index (Phi) is 2.79. The Morgan fingerprint density at radius 2 is 1.68 bits per heavy atom. The van der Waals surface area contributed by atoms with Crippen LogP contribution in [0.1, 0.15) is 6.85 Å². The zero-order chi connectivity index (χ0) is 20.0. The van der Waals surface area contributed by atoms with Gasteiger partial charge in [0.05, 0.1) is 6.85 Å². The molecule has 0 aliphatic heterocycles. The molecule has 1 nitrogen and oxygen atoms in total. The number of phenols is 1. The smallest absolute Gasteiger partial charge is 0.132 e. The van der Waals surface area contributed by atoms with Crippen LogP contribution in [-0.2, 0) is 0 Å². The standard InChI is InChI=1S/C18H11BrClFO/c19-12-8-15(11-4-2-1-3-5-11)18(22)16(9-12)14-7-6-13(20)10-17(14)21/h1-10,22H/i1D,2D,3D,4D,5D. The van der Waals surface area contributed by atoms with Crippen molar-refractivity contribution in [2.24, 2.45) is 0 Å². The number of hydrogen-bond acceptors (Lipinski definition) is 1. The number of benzene rings is 3. The fraction of sp³-hybridized carbons (Fsp3) is 0. The molecule has 0 aromatic heterocycles. The van der Waals surface area contributed by atoms with Gasteiger partial charge in [-0.3, -0.25) is 0 Å². The van der Waals surface area contributed by atoms with Gasteiger partial charge in [-0.05, 0) is 35.9 Å². The molecule has 0 saturated heterocycles. The number of phenolic OH excluding ortho intramolecular Hbond substituents is 1. The van der Waals surface area contributed by atoms with Gasteiger partial charge in [-0.2, -0.15) is 0 Å². The molecule has 0 atom stereocenters. The molecule has 3 rings (SSSR count). The summed E-state index contributed by atoms with van der Waals surface area (Å²) < 4.78 is 54.3. The molecule has 0 fully saturated rings. The first-order valence-corrected chi connectivity index (χ1v) is 7.35. The highest BCUT2D eigenvalue weighted by Gasteiger charge is 2.15. The van der Waals surface area contributed by atoms with Gasteiger partial charge >= 0.3 is 0 Å². The maximum absolute atomic E-state index is 14.4. The van der Waals surface area contributed by atoms with Crippen LogP contribution < -0.4 is 0 Å². The van der Waals surface area contributed by atoms with Crippen molar-refractivity contribution in [3.63, 3.8) is 0 Å². The molecule has 22 heavy (non-hydrogen) atoms. The normalized spacial score (nSPS) is 13.9. The van der Waals surface area contributed by atoms with Gasteiger partial charge in [-0.1, -0.05) is 57.7 Å². The van der Waals surface area contributed by atoms with Crippen molar-refractivity contribution in [3.8, 4) is 28.0 Å². The molecule has 0 aliphatic rings. The highest BCUT2D eigenvalue weighted by atomic mass is 79.9. The molecule has 0 unspecified atom stereocenters. The van der Waals surface area contributed by atoms with Crippen molar-refractivity contribution >= 4 is 27.5 Å². The summed E-state index contributed by atoms with van der Waals surface area (Å²) in [7, 11) is 0. The number of aromatic hydroxyl groups is 1. The fourth-order valence-electron chi connectivity index (χ4n) is 2.09. The van der Waals surface area contributed by atoms with Crippen molar-refractivity contribution in [3.05, 3.63) is 75.9 Å². The van der Waals surface area contributed by atoms with E-state index in [1.807, 2.05) is 0 Å². The van der Waals surface area contributed by atoms with Crippen molar-refractivity contribution in [2.45, 2.75) is 0 Å². The predicted molar refractivity (Wildman–Crippen MR) is 91.6 cm³/mol. The van der Waals surface area contributed by atoms with E-state index >= 15 is 0 Å². The molecule has 0 bridgehead atoms. The second-order valence-electron chi connectivity index (χ2n) is 4.47. The second kappa shape index (κ2) is 6.11. The van der Waals surface area contributed by atoms with Crippen LogP contribution >= 0.6 is 27.5 Å². The maximum atomic E-state index is 14.4. The average molecular weight is 383 g/mol. The van der Waals surface area contributed by atoms with Crippen LogP contribution in [0, 0.1) is 5.82 Å². The lowest BCUT2D eigenvalue weighted by molar-refractivity contribution is 0.478. The third kappa shape index (κ3) is 2.87. The number of rotatable bonds is 2. The summed E-state index contributed by atoms with van der Waals surface area (Å²) in [4.78, 5) is 0. The topological polar surface area (TPSA) is 20.2 Å². The Labute approximate surface area is 148 Å². The Morgan fingerprint density at radius 1 is 1.00 bits per heavy atom.